The van der Waals surface area contributed by atoms with Gasteiger partial charge in [-0.05, 0) is 37.1 Å². The van der Waals surface area contributed by atoms with Gasteiger partial charge in [0.25, 0.3) is 0 Å². The predicted octanol–water partition coefficient (Wildman–Crippen LogP) is 3.43. The van der Waals surface area contributed by atoms with Crippen LogP contribution < -0.4 is 0 Å². The van der Waals surface area contributed by atoms with Crippen LogP contribution in [0.5, 0.6) is 0 Å². The molecule has 0 saturated carbocycles. The second kappa shape index (κ2) is 4.80. The molecule has 0 amide bonds. The van der Waals surface area contributed by atoms with Crippen LogP contribution in [0.15, 0.2) is 36.5 Å². The maximum absolute atomic E-state index is 8.61. The first-order chi connectivity index (χ1) is 8.20. The number of rotatable bonds is 2. The van der Waals surface area contributed by atoms with Gasteiger partial charge < -0.3 is 0 Å². The molecule has 0 radical (unpaired) electrons. The van der Waals surface area contributed by atoms with E-state index in [1.807, 2.05) is 12.1 Å². The molecule has 0 aliphatic rings. The lowest BCUT2D eigenvalue weighted by Crippen LogP contribution is -1.90. The van der Waals surface area contributed by atoms with Gasteiger partial charge >= 0.3 is 0 Å². The van der Waals surface area contributed by atoms with Crippen molar-refractivity contribution in [1.29, 1.82) is 5.26 Å². The van der Waals surface area contributed by atoms with Crippen LogP contribution >= 0.6 is 0 Å². The summed E-state index contributed by atoms with van der Waals surface area (Å²) in [6.07, 6.45) is 2.19. The molecule has 0 bridgehead atoms. The van der Waals surface area contributed by atoms with Crippen molar-refractivity contribution in [3.63, 3.8) is 0 Å². The smallest absolute Gasteiger partial charge is 0.0704 e. The highest BCUT2D eigenvalue weighted by molar-refractivity contribution is 5.64. The molecule has 84 valence electrons. The Morgan fingerprint density at radius 1 is 1.18 bits per heavy atom. The summed E-state index contributed by atoms with van der Waals surface area (Å²) in [6.45, 7) is 4.16. The third kappa shape index (κ3) is 2.51. The fourth-order valence-corrected chi connectivity index (χ4v) is 1.79. The fourth-order valence-electron chi connectivity index (χ4n) is 1.79. The first kappa shape index (κ1) is 11.3. The van der Waals surface area contributed by atoms with Crippen LogP contribution in [0.3, 0.4) is 0 Å². The second-order valence-electron chi connectivity index (χ2n) is 4.20. The van der Waals surface area contributed by atoms with E-state index in [1.165, 1.54) is 11.1 Å². The van der Waals surface area contributed by atoms with E-state index in [9.17, 15) is 0 Å². The molecule has 2 heteroatoms. The van der Waals surface area contributed by atoms with Crippen LogP contribution in [0, 0.1) is 25.2 Å². The molecular weight excluding hydrogens is 208 g/mol. The molecular formula is C15H14N2. The predicted molar refractivity (Wildman–Crippen MR) is 68.5 cm³/mol. The maximum atomic E-state index is 8.61. The highest BCUT2D eigenvalue weighted by Gasteiger charge is 2.03. The molecule has 2 nitrogen and oxygen atoms in total. The van der Waals surface area contributed by atoms with Gasteiger partial charge in [-0.2, -0.15) is 5.26 Å². The summed E-state index contributed by atoms with van der Waals surface area (Å²) in [5, 5.41) is 8.61. The number of benzene rings is 1. The molecule has 0 aliphatic heterocycles. The van der Waals surface area contributed by atoms with Gasteiger partial charge in [-0.15, -0.1) is 0 Å². The SMILES string of the molecule is Cc1ccc(C)c(-c2ccc(CC#N)cn2)c1. The Labute approximate surface area is 102 Å². The van der Waals surface area contributed by atoms with Gasteiger partial charge in [-0.25, -0.2) is 0 Å². The normalized spacial score (nSPS) is 9.94. The van der Waals surface area contributed by atoms with E-state index in [1.54, 1.807) is 6.20 Å². The van der Waals surface area contributed by atoms with Gasteiger partial charge in [-0.1, -0.05) is 23.8 Å². The van der Waals surface area contributed by atoms with Gasteiger partial charge in [-0.3, -0.25) is 4.98 Å². The summed E-state index contributed by atoms with van der Waals surface area (Å²) in [7, 11) is 0. The Bertz CT molecular complexity index is 562. The lowest BCUT2D eigenvalue weighted by Gasteiger charge is -2.06. The van der Waals surface area contributed by atoms with E-state index in [0.717, 1.165) is 16.8 Å². The molecule has 0 spiro atoms. The Morgan fingerprint density at radius 2 is 2.00 bits per heavy atom. The van der Waals surface area contributed by atoms with E-state index in [0.29, 0.717) is 6.42 Å². The second-order valence-corrected chi connectivity index (χ2v) is 4.20. The number of aromatic nitrogens is 1. The van der Waals surface area contributed by atoms with Crippen LogP contribution in [-0.2, 0) is 6.42 Å². The Hall–Kier alpha value is -2.14. The third-order valence-corrected chi connectivity index (χ3v) is 2.78. The quantitative estimate of drug-likeness (QED) is 0.780. The molecule has 2 rings (SSSR count). The van der Waals surface area contributed by atoms with Crippen molar-refractivity contribution in [3.8, 4) is 17.3 Å². The van der Waals surface area contributed by atoms with Gasteiger partial charge in [0.15, 0.2) is 0 Å². The molecule has 0 atom stereocenters. The first-order valence-electron chi connectivity index (χ1n) is 5.60. The highest BCUT2D eigenvalue weighted by Crippen LogP contribution is 2.22. The van der Waals surface area contributed by atoms with Crippen molar-refractivity contribution >= 4 is 0 Å². The molecule has 2 aromatic rings. The molecule has 0 unspecified atom stereocenters. The topological polar surface area (TPSA) is 36.7 Å². The number of nitriles is 1. The van der Waals surface area contributed by atoms with Crippen molar-refractivity contribution in [2.24, 2.45) is 0 Å². The summed E-state index contributed by atoms with van der Waals surface area (Å²) in [5.41, 5.74) is 5.53. The zero-order valence-electron chi connectivity index (χ0n) is 10.1. The van der Waals surface area contributed by atoms with E-state index in [4.69, 9.17) is 5.26 Å². The number of nitrogens with zero attached hydrogens (tertiary/aromatic N) is 2. The number of hydrogen-bond donors (Lipinski definition) is 0. The van der Waals surface area contributed by atoms with Crippen LogP contribution in [0.4, 0.5) is 0 Å². The maximum Gasteiger partial charge on any atom is 0.0704 e. The number of hydrogen-bond acceptors (Lipinski definition) is 2. The van der Waals surface area contributed by atoms with Crippen molar-refractivity contribution in [2.75, 3.05) is 0 Å². The molecule has 1 heterocycles. The summed E-state index contributed by atoms with van der Waals surface area (Å²) >= 11 is 0. The molecule has 1 aromatic heterocycles. The highest BCUT2D eigenvalue weighted by atomic mass is 14.7. The summed E-state index contributed by atoms with van der Waals surface area (Å²) in [6, 6.07) is 12.4. The van der Waals surface area contributed by atoms with Gasteiger partial charge in [0.1, 0.15) is 0 Å². The van der Waals surface area contributed by atoms with Crippen LogP contribution in [0.25, 0.3) is 11.3 Å². The molecule has 0 saturated heterocycles. The van der Waals surface area contributed by atoms with Crippen molar-refractivity contribution < 1.29 is 0 Å². The van der Waals surface area contributed by atoms with Crippen LogP contribution in [-0.4, -0.2) is 4.98 Å². The van der Waals surface area contributed by atoms with Gasteiger partial charge in [0, 0.05) is 11.8 Å². The van der Waals surface area contributed by atoms with Crippen molar-refractivity contribution in [2.45, 2.75) is 20.3 Å². The fraction of sp³-hybridized carbons (Fsp3) is 0.200. The molecule has 17 heavy (non-hydrogen) atoms. The zero-order valence-corrected chi connectivity index (χ0v) is 10.1. The summed E-state index contributed by atoms with van der Waals surface area (Å²) in [4.78, 5) is 4.42. The Kier molecular flexibility index (Phi) is 3.20. The molecule has 0 N–H and O–H groups in total. The number of pyridine rings is 1. The third-order valence-electron chi connectivity index (χ3n) is 2.78. The largest absolute Gasteiger partial charge is 0.256 e. The van der Waals surface area contributed by atoms with E-state index in [-0.39, 0.29) is 0 Å². The molecule has 1 aromatic carbocycles. The Morgan fingerprint density at radius 3 is 2.65 bits per heavy atom. The minimum atomic E-state index is 0.417. The van der Waals surface area contributed by atoms with Gasteiger partial charge in [0.05, 0.1) is 18.2 Å². The minimum absolute atomic E-state index is 0.417. The Balaban J connectivity index is 2.40. The van der Waals surface area contributed by atoms with Crippen molar-refractivity contribution in [3.05, 3.63) is 53.2 Å². The zero-order chi connectivity index (χ0) is 12.3. The van der Waals surface area contributed by atoms with Crippen LogP contribution in [0.1, 0.15) is 16.7 Å². The average molecular weight is 222 g/mol. The monoisotopic (exact) mass is 222 g/mol. The van der Waals surface area contributed by atoms with E-state index in [2.05, 4.69) is 43.1 Å². The standard InChI is InChI=1S/C15H14N2/c1-11-3-4-12(2)14(9-11)15-6-5-13(7-8-16)10-17-15/h3-6,9-10H,7H2,1-2H3. The molecule has 0 aliphatic carbocycles. The molecule has 0 fully saturated rings. The van der Waals surface area contributed by atoms with E-state index >= 15 is 0 Å². The first-order valence-corrected chi connectivity index (χ1v) is 5.60. The lowest BCUT2D eigenvalue weighted by molar-refractivity contribution is 1.19. The summed E-state index contributed by atoms with van der Waals surface area (Å²) < 4.78 is 0. The summed E-state index contributed by atoms with van der Waals surface area (Å²) in [5.74, 6) is 0. The van der Waals surface area contributed by atoms with E-state index < -0.39 is 0 Å². The average Bonchev–Trinajstić information content (AvgIpc) is 2.34. The van der Waals surface area contributed by atoms with Crippen LogP contribution in [0.2, 0.25) is 0 Å². The van der Waals surface area contributed by atoms with Crippen molar-refractivity contribution in [1.82, 2.24) is 4.98 Å². The number of aryl methyl sites for hydroxylation is 2. The minimum Gasteiger partial charge on any atom is -0.256 e. The lowest BCUT2D eigenvalue weighted by atomic mass is 10.0. The van der Waals surface area contributed by atoms with Gasteiger partial charge in [0.2, 0.25) is 0 Å².